The summed E-state index contributed by atoms with van der Waals surface area (Å²) in [4.78, 5) is 13.0. The lowest BCUT2D eigenvalue weighted by Crippen LogP contribution is -2.43. The number of hydrogen-bond acceptors (Lipinski definition) is 6. The molecule has 192 valence electrons. The summed E-state index contributed by atoms with van der Waals surface area (Å²) in [6.07, 6.45) is 0.148. The second-order valence-corrected chi connectivity index (χ2v) is 13.1. The van der Waals surface area contributed by atoms with Crippen LogP contribution in [0.3, 0.4) is 0 Å². The monoisotopic (exact) mass is 549 g/mol. The number of carbonyl (C=O) groups is 1. The van der Waals surface area contributed by atoms with Gasteiger partial charge in [-0.15, -0.1) is 0 Å². The van der Waals surface area contributed by atoms with E-state index in [0.717, 1.165) is 11.1 Å². The van der Waals surface area contributed by atoms with E-state index in [9.17, 15) is 21.6 Å². The first-order chi connectivity index (χ1) is 17.0. The fraction of sp³-hybridized carbons (Fsp3) is 0.269. The van der Waals surface area contributed by atoms with Crippen LogP contribution in [0.2, 0.25) is 0 Å². The van der Waals surface area contributed by atoms with E-state index in [2.05, 4.69) is 4.72 Å². The van der Waals surface area contributed by atoms with Gasteiger partial charge in [0.25, 0.3) is 0 Å². The van der Waals surface area contributed by atoms with E-state index in [0.29, 0.717) is 11.1 Å². The van der Waals surface area contributed by atoms with Gasteiger partial charge in [-0.3, -0.25) is 4.79 Å². The fourth-order valence-corrected chi connectivity index (χ4v) is 6.01. The molecule has 1 N–H and O–H groups in total. The minimum absolute atomic E-state index is 0.0204. The molecule has 1 unspecified atom stereocenters. The zero-order chi connectivity index (χ0) is 26.2. The van der Waals surface area contributed by atoms with Crippen molar-refractivity contribution in [3.63, 3.8) is 0 Å². The minimum Gasteiger partial charge on any atom is -0.460 e. The lowest BCUT2D eigenvalue weighted by Gasteiger charge is -2.22. The van der Waals surface area contributed by atoms with Gasteiger partial charge < -0.3 is 4.74 Å². The molecule has 0 aliphatic carbocycles. The zero-order valence-electron chi connectivity index (χ0n) is 19.7. The van der Waals surface area contributed by atoms with Gasteiger partial charge in [0.05, 0.1) is 11.5 Å². The summed E-state index contributed by atoms with van der Waals surface area (Å²) in [7, 11) is -2.21. The summed E-state index contributed by atoms with van der Waals surface area (Å²) in [5.41, 5.74) is 2.73. The topological polar surface area (TPSA) is 107 Å². The standard InChI is InChI=1S/C26H28ClNO6S2/c1-20(24-14-12-23(13-15-24)18-35(27,30)31)16-25(26(29)34-17-21-8-4-2-5-9-21)28-36(32,33)19-22-10-6-3-7-11-22/h2-15,20,25,28H,16-19H2,1H3/t20?,25-/m0/s1. The quantitative estimate of drug-likeness (QED) is 0.264. The predicted octanol–water partition coefficient (Wildman–Crippen LogP) is 4.48. The molecule has 0 amide bonds. The SMILES string of the molecule is CC(C[C@H](NS(=O)(=O)Cc1ccccc1)C(=O)OCc1ccccc1)c1ccc(CS(=O)(=O)Cl)cc1. The van der Waals surface area contributed by atoms with Crippen LogP contribution < -0.4 is 4.72 Å². The molecule has 3 aromatic carbocycles. The molecule has 36 heavy (non-hydrogen) atoms. The molecule has 0 fully saturated rings. The fourth-order valence-electron chi connectivity index (χ4n) is 3.70. The molecular formula is C26H28ClNO6S2. The molecular weight excluding hydrogens is 522 g/mol. The second-order valence-electron chi connectivity index (χ2n) is 8.57. The number of hydrogen-bond donors (Lipinski definition) is 1. The number of rotatable bonds is 12. The average molecular weight is 550 g/mol. The maximum atomic E-state index is 13.0. The first-order valence-corrected chi connectivity index (χ1v) is 15.4. The first kappa shape index (κ1) is 27.9. The molecule has 0 radical (unpaired) electrons. The zero-order valence-corrected chi connectivity index (χ0v) is 22.1. The molecule has 3 aromatic rings. The summed E-state index contributed by atoms with van der Waals surface area (Å²) >= 11 is 0. The van der Waals surface area contributed by atoms with Crippen LogP contribution in [0.1, 0.15) is 41.5 Å². The molecule has 0 saturated carbocycles. The van der Waals surface area contributed by atoms with Crippen LogP contribution in [0.25, 0.3) is 0 Å². The maximum absolute atomic E-state index is 13.0. The van der Waals surface area contributed by atoms with Gasteiger partial charge in [-0.2, -0.15) is 0 Å². The molecule has 0 aromatic heterocycles. The predicted molar refractivity (Wildman–Crippen MR) is 140 cm³/mol. The van der Waals surface area contributed by atoms with Crippen LogP contribution in [-0.2, 0) is 46.7 Å². The molecule has 2 atom stereocenters. The van der Waals surface area contributed by atoms with E-state index in [1.807, 2.05) is 37.3 Å². The van der Waals surface area contributed by atoms with Crippen molar-refractivity contribution in [3.05, 3.63) is 107 Å². The van der Waals surface area contributed by atoms with Crippen LogP contribution >= 0.6 is 10.7 Å². The van der Waals surface area contributed by atoms with Crippen molar-refractivity contribution in [2.45, 2.75) is 43.4 Å². The summed E-state index contributed by atoms with van der Waals surface area (Å²) in [6, 6.07) is 23.5. The van der Waals surface area contributed by atoms with E-state index >= 15 is 0 Å². The van der Waals surface area contributed by atoms with Gasteiger partial charge in [-0.25, -0.2) is 21.6 Å². The van der Waals surface area contributed by atoms with Gasteiger partial charge in [0, 0.05) is 10.7 Å². The Morgan fingerprint density at radius 2 is 1.33 bits per heavy atom. The Labute approximate surface area is 216 Å². The van der Waals surface area contributed by atoms with Crippen LogP contribution in [0, 0.1) is 0 Å². The number of nitrogens with one attached hydrogen (secondary N) is 1. The van der Waals surface area contributed by atoms with Gasteiger partial charge in [0.1, 0.15) is 12.6 Å². The lowest BCUT2D eigenvalue weighted by molar-refractivity contribution is -0.147. The third kappa shape index (κ3) is 9.39. The number of esters is 1. The van der Waals surface area contributed by atoms with Crippen molar-refractivity contribution < 1.29 is 26.4 Å². The Morgan fingerprint density at radius 3 is 1.89 bits per heavy atom. The normalized spacial score (nSPS) is 13.6. The van der Waals surface area contributed by atoms with Crippen molar-refractivity contribution in [2.24, 2.45) is 0 Å². The second kappa shape index (κ2) is 12.5. The Morgan fingerprint density at radius 1 is 0.806 bits per heavy atom. The number of sulfonamides is 1. The van der Waals surface area contributed by atoms with E-state index in [1.54, 1.807) is 54.6 Å². The van der Waals surface area contributed by atoms with Gasteiger partial charge in [-0.05, 0) is 34.6 Å². The molecule has 0 heterocycles. The van der Waals surface area contributed by atoms with Crippen LogP contribution in [0.15, 0.2) is 84.9 Å². The number of benzene rings is 3. The average Bonchev–Trinajstić information content (AvgIpc) is 2.82. The number of halogens is 1. The Bertz CT molecular complexity index is 1350. The number of ether oxygens (including phenoxy) is 1. The van der Waals surface area contributed by atoms with Crippen molar-refractivity contribution >= 4 is 35.7 Å². The first-order valence-electron chi connectivity index (χ1n) is 11.3. The largest absolute Gasteiger partial charge is 0.460 e. The highest BCUT2D eigenvalue weighted by Crippen LogP contribution is 2.23. The van der Waals surface area contributed by atoms with Crippen LogP contribution in [-0.4, -0.2) is 28.8 Å². The van der Waals surface area contributed by atoms with Gasteiger partial charge in [-0.1, -0.05) is 91.9 Å². The van der Waals surface area contributed by atoms with E-state index in [1.165, 1.54) is 0 Å². The molecule has 0 spiro atoms. The van der Waals surface area contributed by atoms with Crippen LogP contribution in [0.4, 0.5) is 0 Å². The smallest absolute Gasteiger partial charge is 0.324 e. The summed E-state index contributed by atoms with van der Waals surface area (Å²) in [5.74, 6) is -1.48. The molecule has 3 rings (SSSR count). The molecule has 0 bridgehead atoms. The molecule has 0 aliphatic rings. The van der Waals surface area contributed by atoms with Crippen molar-refractivity contribution in [1.82, 2.24) is 4.72 Å². The summed E-state index contributed by atoms with van der Waals surface area (Å²) < 4.78 is 56.4. The molecule has 0 aliphatic heterocycles. The van der Waals surface area contributed by atoms with Gasteiger partial charge >= 0.3 is 5.97 Å². The van der Waals surface area contributed by atoms with E-state index in [-0.39, 0.29) is 30.5 Å². The number of carbonyl (C=O) groups excluding carboxylic acids is 1. The van der Waals surface area contributed by atoms with Gasteiger partial charge in [0.15, 0.2) is 0 Å². The van der Waals surface area contributed by atoms with Crippen LogP contribution in [0.5, 0.6) is 0 Å². The molecule has 10 heteroatoms. The van der Waals surface area contributed by atoms with Crippen molar-refractivity contribution in [2.75, 3.05) is 0 Å². The minimum atomic E-state index is -3.85. The highest BCUT2D eigenvalue weighted by molar-refractivity contribution is 8.13. The summed E-state index contributed by atoms with van der Waals surface area (Å²) in [5, 5.41) is 0. The van der Waals surface area contributed by atoms with E-state index in [4.69, 9.17) is 15.4 Å². The maximum Gasteiger partial charge on any atom is 0.324 e. The highest BCUT2D eigenvalue weighted by atomic mass is 35.7. The van der Waals surface area contributed by atoms with Gasteiger partial charge in [0.2, 0.25) is 19.1 Å². The molecule has 0 saturated heterocycles. The van der Waals surface area contributed by atoms with Crippen molar-refractivity contribution in [1.29, 1.82) is 0 Å². The highest BCUT2D eigenvalue weighted by Gasteiger charge is 2.28. The summed E-state index contributed by atoms with van der Waals surface area (Å²) in [6.45, 7) is 1.88. The Balaban J connectivity index is 1.75. The molecule has 7 nitrogen and oxygen atoms in total. The van der Waals surface area contributed by atoms with Crippen molar-refractivity contribution in [3.8, 4) is 0 Å². The third-order valence-electron chi connectivity index (χ3n) is 5.51. The van der Waals surface area contributed by atoms with E-state index < -0.39 is 31.1 Å². The Kier molecular flexibility index (Phi) is 9.67. The third-order valence-corrected chi connectivity index (χ3v) is 7.87. The lowest BCUT2D eigenvalue weighted by atomic mass is 9.93. The Hall–Kier alpha value is -2.72.